The Morgan fingerprint density at radius 2 is 1.90 bits per heavy atom. The molecule has 5 heteroatoms. The van der Waals surface area contributed by atoms with Crippen LogP contribution in [0.25, 0.3) is 22.8 Å². The summed E-state index contributed by atoms with van der Waals surface area (Å²) in [7, 11) is 0. The van der Waals surface area contributed by atoms with Crippen LogP contribution in [0.5, 0.6) is 0 Å². The third-order valence-corrected chi connectivity index (χ3v) is 3.28. The lowest BCUT2D eigenvalue weighted by Crippen LogP contribution is -1.90. The fourth-order valence-electron chi connectivity index (χ4n) is 2.01. The molecule has 2 N–H and O–H groups in total. The van der Waals surface area contributed by atoms with Gasteiger partial charge in [-0.1, -0.05) is 28.9 Å². The molecule has 0 radical (unpaired) electrons. The molecule has 4 nitrogen and oxygen atoms in total. The minimum absolute atomic E-state index is 0.456. The lowest BCUT2D eigenvalue weighted by atomic mass is 10.1. The monoisotopic (exact) mass is 285 g/mol. The summed E-state index contributed by atoms with van der Waals surface area (Å²) in [6.45, 7) is 1.95. The Morgan fingerprint density at radius 3 is 2.65 bits per heavy atom. The van der Waals surface area contributed by atoms with Gasteiger partial charge in [0.15, 0.2) is 0 Å². The third-order valence-electron chi connectivity index (χ3n) is 3.05. The first-order chi connectivity index (χ1) is 9.65. The second-order valence-corrected chi connectivity index (χ2v) is 4.91. The first kappa shape index (κ1) is 12.7. The van der Waals surface area contributed by atoms with Crippen LogP contribution in [-0.2, 0) is 0 Å². The van der Waals surface area contributed by atoms with Gasteiger partial charge in [0.2, 0.25) is 5.82 Å². The number of nitrogens with zero attached hydrogens (tertiary/aromatic N) is 2. The highest BCUT2D eigenvalue weighted by atomic mass is 35.5. The van der Waals surface area contributed by atoms with Gasteiger partial charge in [0, 0.05) is 21.8 Å². The average Bonchev–Trinajstić information content (AvgIpc) is 2.88. The van der Waals surface area contributed by atoms with Gasteiger partial charge in [-0.3, -0.25) is 0 Å². The molecule has 3 aromatic rings. The van der Waals surface area contributed by atoms with Crippen molar-refractivity contribution in [2.24, 2.45) is 0 Å². The van der Waals surface area contributed by atoms with Crippen LogP contribution in [-0.4, -0.2) is 10.1 Å². The van der Waals surface area contributed by atoms with Gasteiger partial charge in [-0.15, -0.1) is 0 Å². The number of rotatable bonds is 2. The summed E-state index contributed by atoms with van der Waals surface area (Å²) in [6.07, 6.45) is 0. The van der Waals surface area contributed by atoms with Gasteiger partial charge in [0.1, 0.15) is 0 Å². The van der Waals surface area contributed by atoms with Crippen LogP contribution in [0.15, 0.2) is 47.0 Å². The molecule has 0 aliphatic heterocycles. The van der Waals surface area contributed by atoms with E-state index in [1.807, 2.05) is 37.3 Å². The zero-order chi connectivity index (χ0) is 14.1. The number of benzene rings is 2. The van der Waals surface area contributed by atoms with Crippen LogP contribution in [0.2, 0.25) is 5.02 Å². The second kappa shape index (κ2) is 4.98. The highest BCUT2D eigenvalue weighted by Gasteiger charge is 2.14. The number of hydrogen-bond acceptors (Lipinski definition) is 4. The first-order valence-electron chi connectivity index (χ1n) is 6.10. The quantitative estimate of drug-likeness (QED) is 0.724. The molecule has 0 saturated heterocycles. The molecule has 2 aromatic carbocycles. The van der Waals surface area contributed by atoms with Crippen LogP contribution >= 0.6 is 11.6 Å². The number of aryl methyl sites for hydroxylation is 1. The maximum atomic E-state index is 5.94. The Bertz CT molecular complexity index is 767. The van der Waals surface area contributed by atoms with E-state index in [1.165, 1.54) is 0 Å². The highest BCUT2D eigenvalue weighted by Crippen LogP contribution is 2.28. The molecule has 100 valence electrons. The molecule has 0 unspecified atom stereocenters. The third kappa shape index (κ3) is 2.26. The average molecular weight is 286 g/mol. The Morgan fingerprint density at radius 1 is 1.10 bits per heavy atom. The van der Waals surface area contributed by atoms with Crippen molar-refractivity contribution in [3.63, 3.8) is 0 Å². The second-order valence-electron chi connectivity index (χ2n) is 4.47. The molecule has 0 bridgehead atoms. The molecule has 0 spiro atoms. The van der Waals surface area contributed by atoms with Crippen LogP contribution in [0, 0.1) is 6.92 Å². The number of hydrogen-bond donors (Lipinski definition) is 1. The van der Waals surface area contributed by atoms with Crippen molar-refractivity contribution < 1.29 is 4.52 Å². The van der Waals surface area contributed by atoms with E-state index in [0.717, 1.165) is 16.7 Å². The van der Waals surface area contributed by atoms with Gasteiger partial charge in [0.05, 0.1) is 0 Å². The normalized spacial score (nSPS) is 10.7. The van der Waals surface area contributed by atoms with Crippen molar-refractivity contribution in [3.05, 3.63) is 53.1 Å². The molecule has 0 amide bonds. The van der Waals surface area contributed by atoms with Crippen LogP contribution < -0.4 is 5.73 Å². The predicted molar refractivity (Wildman–Crippen MR) is 79.3 cm³/mol. The van der Waals surface area contributed by atoms with E-state index in [2.05, 4.69) is 10.1 Å². The molecular formula is C15H12ClN3O. The standard InChI is InChI=1S/C15H12ClN3O/c1-9-8-10(16)6-7-11(9)15-18-14(19-20-15)12-4-2-3-5-13(12)17/h2-8H,17H2,1H3. The number of nitrogens with two attached hydrogens (primary N) is 1. The Labute approximate surface area is 121 Å². The largest absolute Gasteiger partial charge is 0.398 e. The summed E-state index contributed by atoms with van der Waals surface area (Å²) in [4.78, 5) is 4.40. The summed E-state index contributed by atoms with van der Waals surface area (Å²) in [6, 6.07) is 12.9. The van der Waals surface area contributed by atoms with Crippen molar-refractivity contribution in [2.45, 2.75) is 6.92 Å². The van der Waals surface area contributed by atoms with Crippen LogP contribution in [0.3, 0.4) is 0 Å². The smallest absolute Gasteiger partial charge is 0.258 e. The summed E-state index contributed by atoms with van der Waals surface area (Å²) >= 11 is 5.94. The van der Waals surface area contributed by atoms with Gasteiger partial charge >= 0.3 is 0 Å². The van der Waals surface area contributed by atoms with Gasteiger partial charge in [-0.05, 0) is 42.8 Å². The van der Waals surface area contributed by atoms with E-state index < -0.39 is 0 Å². The lowest BCUT2D eigenvalue weighted by molar-refractivity contribution is 0.432. The van der Waals surface area contributed by atoms with Gasteiger partial charge in [0.25, 0.3) is 5.89 Å². The summed E-state index contributed by atoms with van der Waals surface area (Å²) < 4.78 is 5.32. The molecule has 3 rings (SSSR count). The molecule has 0 fully saturated rings. The minimum atomic E-state index is 0.456. The number of halogens is 1. The van der Waals surface area contributed by atoms with Crippen molar-refractivity contribution in [1.29, 1.82) is 0 Å². The van der Waals surface area contributed by atoms with Crippen LogP contribution in [0.1, 0.15) is 5.56 Å². The predicted octanol–water partition coefficient (Wildman–Crippen LogP) is 3.95. The van der Waals surface area contributed by atoms with Crippen molar-refractivity contribution in [3.8, 4) is 22.8 Å². The zero-order valence-corrected chi connectivity index (χ0v) is 11.6. The molecule has 0 aliphatic rings. The molecule has 1 heterocycles. The number of nitrogen functional groups attached to an aromatic ring is 1. The molecule has 20 heavy (non-hydrogen) atoms. The van der Waals surface area contributed by atoms with E-state index in [-0.39, 0.29) is 0 Å². The summed E-state index contributed by atoms with van der Waals surface area (Å²) in [5.41, 5.74) is 9.13. The van der Waals surface area contributed by atoms with E-state index in [1.54, 1.807) is 12.1 Å². The van der Waals surface area contributed by atoms with Crippen molar-refractivity contribution in [1.82, 2.24) is 10.1 Å². The van der Waals surface area contributed by atoms with Crippen LogP contribution in [0.4, 0.5) is 5.69 Å². The van der Waals surface area contributed by atoms with Gasteiger partial charge in [-0.2, -0.15) is 4.98 Å². The summed E-state index contributed by atoms with van der Waals surface area (Å²) in [5.74, 6) is 0.935. The molecule has 0 saturated carbocycles. The maximum absolute atomic E-state index is 5.94. The lowest BCUT2D eigenvalue weighted by Gasteiger charge is -2.00. The number of anilines is 1. The number of para-hydroxylation sites is 1. The maximum Gasteiger partial charge on any atom is 0.258 e. The fraction of sp³-hybridized carbons (Fsp3) is 0.0667. The SMILES string of the molecule is Cc1cc(Cl)ccc1-c1nc(-c2ccccc2N)no1. The fourth-order valence-corrected chi connectivity index (χ4v) is 2.24. The Balaban J connectivity index is 2.04. The van der Waals surface area contributed by atoms with Crippen molar-refractivity contribution >= 4 is 17.3 Å². The Kier molecular flexibility index (Phi) is 3.16. The first-order valence-corrected chi connectivity index (χ1v) is 6.48. The summed E-state index contributed by atoms with van der Waals surface area (Å²) in [5, 5.41) is 4.67. The number of aromatic nitrogens is 2. The highest BCUT2D eigenvalue weighted by molar-refractivity contribution is 6.30. The molecule has 1 aromatic heterocycles. The molecule has 0 atom stereocenters. The van der Waals surface area contributed by atoms with E-state index in [0.29, 0.717) is 22.4 Å². The minimum Gasteiger partial charge on any atom is -0.398 e. The molecular weight excluding hydrogens is 274 g/mol. The van der Waals surface area contributed by atoms with E-state index in [9.17, 15) is 0 Å². The van der Waals surface area contributed by atoms with Crippen molar-refractivity contribution in [2.75, 3.05) is 5.73 Å². The van der Waals surface area contributed by atoms with E-state index in [4.69, 9.17) is 21.9 Å². The van der Waals surface area contributed by atoms with Gasteiger partial charge in [-0.25, -0.2) is 0 Å². The topological polar surface area (TPSA) is 64.9 Å². The zero-order valence-electron chi connectivity index (χ0n) is 10.8. The van der Waals surface area contributed by atoms with E-state index >= 15 is 0 Å². The Hall–Kier alpha value is -2.33. The van der Waals surface area contributed by atoms with Gasteiger partial charge < -0.3 is 10.3 Å². The molecule has 0 aliphatic carbocycles.